The van der Waals surface area contributed by atoms with Gasteiger partial charge in [-0.25, -0.2) is 9.78 Å². The Labute approximate surface area is 156 Å². The van der Waals surface area contributed by atoms with Crippen molar-refractivity contribution in [2.45, 2.75) is 71.8 Å². The summed E-state index contributed by atoms with van der Waals surface area (Å²) in [5.41, 5.74) is 2.95. The van der Waals surface area contributed by atoms with Gasteiger partial charge >= 0.3 is 6.09 Å². The minimum absolute atomic E-state index is 0.0299. The molecule has 0 saturated carbocycles. The molecule has 26 heavy (non-hydrogen) atoms. The Kier molecular flexibility index (Phi) is 4.90. The second-order valence-corrected chi connectivity index (χ2v) is 8.55. The summed E-state index contributed by atoms with van der Waals surface area (Å²) in [6.45, 7) is 13.3. The van der Waals surface area contributed by atoms with E-state index in [1.807, 2.05) is 32.6 Å². The van der Waals surface area contributed by atoms with E-state index in [9.17, 15) is 4.79 Å². The van der Waals surface area contributed by atoms with Crippen molar-refractivity contribution in [3.05, 3.63) is 22.9 Å². The van der Waals surface area contributed by atoms with Crippen molar-refractivity contribution in [1.29, 1.82) is 0 Å². The van der Waals surface area contributed by atoms with Gasteiger partial charge in [0.1, 0.15) is 11.4 Å². The number of nitrogens with zero attached hydrogens (tertiary/aromatic N) is 3. The second kappa shape index (κ2) is 6.72. The Balaban J connectivity index is 1.83. The molecule has 3 rings (SSSR count). The number of pyridine rings is 1. The molecule has 1 unspecified atom stereocenters. The number of carbonyl (C=O) groups is 1. The Bertz CT molecular complexity index is 698. The van der Waals surface area contributed by atoms with Gasteiger partial charge in [0.05, 0.1) is 17.8 Å². The van der Waals surface area contributed by atoms with Crippen LogP contribution >= 0.6 is 0 Å². The van der Waals surface area contributed by atoms with E-state index in [0.717, 1.165) is 23.5 Å². The SMILES string of the molecule is COC(C)c1nc2c(cc1C)C[C@@H]1CN(C(=O)OC(C)(C)C)C[C@@H](C)N21. The maximum atomic E-state index is 12.5. The molecule has 6 nitrogen and oxygen atoms in total. The number of aromatic nitrogens is 1. The van der Waals surface area contributed by atoms with Crippen LogP contribution in [0.2, 0.25) is 0 Å². The first kappa shape index (κ1) is 19.0. The smallest absolute Gasteiger partial charge is 0.410 e. The summed E-state index contributed by atoms with van der Waals surface area (Å²) in [5, 5.41) is 0. The average Bonchev–Trinajstić information content (AvgIpc) is 2.89. The van der Waals surface area contributed by atoms with E-state index < -0.39 is 5.60 Å². The van der Waals surface area contributed by atoms with Gasteiger partial charge in [-0.05, 0) is 59.1 Å². The quantitative estimate of drug-likeness (QED) is 0.807. The third-order valence-electron chi connectivity index (χ3n) is 5.18. The highest BCUT2D eigenvalue weighted by atomic mass is 16.6. The fourth-order valence-corrected chi connectivity index (χ4v) is 4.03. The number of methoxy groups -OCH3 is 1. The Morgan fingerprint density at radius 1 is 1.35 bits per heavy atom. The molecule has 0 bridgehead atoms. The van der Waals surface area contributed by atoms with E-state index in [4.69, 9.17) is 14.5 Å². The first-order chi connectivity index (χ1) is 12.1. The number of amides is 1. The third kappa shape index (κ3) is 3.52. The first-order valence-corrected chi connectivity index (χ1v) is 9.40. The van der Waals surface area contributed by atoms with Crippen LogP contribution in [0.3, 0.4) is 0 Å². The fourth-order valence-electron chi connectivity index (χ4n) is 4.03. The van der Waals surface area contributed by atoms with Crippen LogP contribution in [0.15, 0.2) is 6.07 Å². The number of anilines is 1. The molecule has 1 amide bonds. The number of ether oxygens (including phenoxy) is 2. The molecule has 2 aliphatic rings. The predicted octanol–water partition coefficient (Wildman–Crippen LogP) is 3.47. The number of aryl methyl sites for hydroxylation is 1. The fraction of sp³-hybridized carbons (Fsp3) is 0.700. The molecule has 2 aliphatic heterocycles. The van der Waals surface area contributed by atoms with Crippen LogP contribution in [0.4, 0.5) is 10.6 Å². The molecular formula is C20H31N3O3. The number of rotatable bonds is 2. The monoisotopic (exact) mass is 361 g/mol. The van der Waals surface area contributed by atoms with Crippen molar-refractivity contribution in [2.75, 3.05) is 25.1 Å². The van der Waals surface area contributed by atoms with Crippen LogP contribution < -0.4 is 4.90 Å². The molecule has 0 spiro atoms. The zero-order chi connectivity index (χ0) is 19.2. The zero-order valence-corrected chi connectivity index (χ0v) is 17.0. The van der Waals surface area contributed by atoms with Crippen molar-refractivity contribution >= 4 is 11.9 Å². The minimum atomic E-state index is -0.472. The molecule has 0 radical (unpaired) electrons. The Morgan fingerprint density at radius 2 is 2.04 bits per heavy atom. The van der Waals surface area contributed by atoms with Crippen LogP contribution in [0.1, 0.15) is 57.5 Å². The number of fused-ring (bicyclic) bond motifs is 3. The molecule has 0 aliphatic carbocycles. The van der Waals surface area contributed by atoms with E-state index in [0.29, 0.717) is 13.1 Å². The van der Waals surface area contributed by atoms with E-state index in [1.54, 1.807) is 7.11 Å². The molecule has 3 atom stereocenters. The summed E-state index contributed by atoms with van der Waals surface area (Å²) in [6.07, 6.45) is 0.657. The average molecular weight is 361 g/mol. The molecule has 1 aromatic rings. The summed E-state index contributed by atoms with van der Waals surface area (Å²) >= 11 is 0. The van der Waals surface area contributed by atoms with Crippen molar-refractivity contribution < 1.29 is 14.3 Å². The highest BCUT2D eigenvalue weighted by Gasteiger charge is 2.41. The summed E-state index contributed by atoms with van der Waals surface area (Å²) in [4.78, 5) is 21.7. The van der Waals surface area contributed by atoms with Crippen LogP contribution in [0, 0.1) is 6.92 Å². The molecule has 6 heteroatoms. The van der Waals surface area contributed by atoms with Crippen molar-refractivity contribution in [2.24, 2.45) is 0 Å². The molecule has 3 heterocycles. The van der Waals surface area contributed by atoms with Gasteiger partial charge in [-0.15, -0.1) is 0 Å². The molecule has 1 fully saturated rings. The van der Waals surface area contributed by atoms with Crippen molar-refractivity contribution in [1.82, 2.24) is 9.88 Å². The van der Waals surface area contributed by atoms with Crippen LogP contribution in [-0.4, -0.2) is 53.9 Å². The van der Waals surface area contributed by atoms with Gasteiger partial charge in [0.25, 0.3) is 0 Å². The highest BCUT2D eigenvalue weighted by molar-refractivity contribution is 5.69. The number of carbonyl (C=O) groups excluding carboxylic acids is 1. The standard InChI is InChI=1S/C20H31N3O3/c1-12-8-15-9-16-11-22(19(24)26-20(4,5)6)10-13(2)23(16)18(15)21-17(12)14(3)25-7/h8,13-14,16H,9-11H2,1-7H3/t13-,14?,16-/m1/s1. The van der Waals surface area contributed by atoms with E-state index in [2.05, 4.69) is 24.8 Å². The van der Waals surface area contributed by atoms with Gasteiger partial charge in [-0.3, -0.25) is 0 Å². The van der Waals surface area contributed by atoms with Gasteiger partial charge < -0.3 is 19.3 Å². The summed E-state index contributed by atoms with van der Waals surface area (Å²) < 4.78 is 11.1. The lowest BCUT2D eigenvalue weighted by molar-refractivity contribution is 0.0191. The topological polar surface area (TPSA) is 54.9 Å². The van der Waals surface area contributed by atoms with E-state index in [1.165, 1.54) is 5.56 Å². The number of piperazine rings is 1. The lowest BCUT2D eigenvalue weighted by atomic mass is 10.0. The summed E-state index contributed by atoms with van der Waals surface area (Å²) in [6, 6.07) is 2.68. The maximum absolute atomic E-state index is 12.5. The molecular weight excluding hydrogens is 330 g/mol. The normalized spacial score (nSPS) is 23.5. The zero-order valence-electron chi connectivity index (χ0n) is 17.0. The van der Waals surface area contributed by atoms with E-state index in [-0.39, 0.29) is 24.3 Å². The van der Waals surface area contributed by atoms with Crippen molar-refractivity contribution in [3.63, 3.8) is 0 Å². The first-order valence-electron chi connectivity index (χ1n) is 9.40. The highest BCUT2D eigenvalue weighted by Crippen LogP contribution is 2.37. The Morgan fingerprint density at radius 3 is 2.65 bits per heavy atom. The van der Waals surface area contributed by atoms with Crippen LogP contribution in [0.25, 0.3) is 0 Å². The van der Waals surface area contributed by atoms with Gasteiger partial charge in [0.2, 0.25) is 0 Å². The van der Waals surface area contributed by atoms with Gasteiger partial charge in [-0.2, -0.15) is 0 Å². The van der Waals surface area contributed by atoms with Crippen molar-refractivity contribution in [3.8, 4) is 0 Å². The summed E-state index contributed by atoms with van der Waals surface area (Å²) in [5.74, 6) is 1.05. The van der Waals surface area contributed by atoms with Crippen LogP contribution in [0.5, 0.6) is 0 Å². The second-order valence-electron chi connectivity index (χ2n) is 8.55. The van der Waals surface area contributed by atoms with Gasteiger partial charge in [0, 0.05) is 26.2 Å². The van der Waals surface area contributed by atoms with Gasteiger partial charge in [0.15, 0.2) is 0 Å². The molecule has 1 saturated heterocycles. The minimum Gasteiger partial charge on any atom is -0.444 e. The molecule has 0 N–H and O–H groups in total. The molecule has 144 valence electrons. The Hall–Kier alpha value is -1.82. The lowest BCUT2D eigenvalue weighted by Gasteiger charge is -2.43. The number of hydrogen-bond acceptors (Lipinski definition) is 5. The maximum Gasteiger partial charge on any atom is 0.410 e. The molecule has 0 aromatic carbocycles. The van der Waals surface area contributed by atoms with E-state index >= 15 is 0 Å². The third-order valence-corrected chi connectivity index (χ3v) is 5.18. The number of hydrogen-bond donors (Lipinski definition) is 0. The van der Waals surface area contributed by atoms with Crippen LogP contribution in [-0.2, 0) is 15.9 Å². The van der Waals surface area contributed by atoms with Gasteiger partial charge in [-0.1, -0.05) is 6.07 Å². The lowest BCUT2D eigenvalue weighted by Crippen LogP contribution is -2.58. The largest absolute Gasteiger partial charge is 0.444 e. The molecule has 1 aromatic heterocycles. The predicted molar refractivity (Wildman–Crippen MR) is 102 cm³/mol. The summed E-state index contributed by atoms with van der Waals surface area (Å²) in [7, 11) is 1.71.